The van der Waals surface area contributed by atoms with Crippen molar-refractivity contribution in [2.45, 2.75) is 20.0 Å². The maximum absolute atomic E-state index is 5.64. The van der Waals surface area contributed by atoms with Crippen LogP contribution in [-0.4, -0.2) is 45.5 Å². The lowest BCUT2D eigenvalue weighted by Gasteiger charge is -2.19. The molecule has 0 aliphatic heterocycles. The molecule has 0 unspecified atom stereocenters. The molecule has 8 nitrogen and oxygen atoms in total. The van der Waals surface area contributed by atoms with Crippen LogP contribution in [0.5, 0.6) is 0 Å². The fraction of sp³-hybridized carbons (Fsp3) is 0.500. The number of nitrogens with zero attached hydrogens (tertiary/aromatic N) is 6. The van der Waals surface area contributed by atoms with Gasteiger partial charge in [0.15, 0.2) is 5.82 Å². The van der Waals surface area contributed by atoms with Gasteiger partial charge in [-0.15, -0.1) is 10.2 Å². The molecule has 0 spiro atoms. The van der Waals surface area contributed by atoms with Crippen LogP contribution in [0.25, 0.3) is 0 Å². The summed E-state index contributed by atoms with van der Waals surface area (Å²) in [6.07, 6.45) is 3.41. The predicted octanol–water partition coefficient (Wildman–Crippen LogP) is 0.242. The van der Waals surface area contributed by atoms with Gasteiger partial charge in [0, 0.05) is 32.5 Å². The highest BCUT2D eigenvalue weighted by Crippen LogP contribution is 2.17. The Morgan fingerprint density at radius 3 is 3.00 bits per heavy atom. The number of nitrogen functional groups attached to an aromatic ring is 1. The minimum atomic E-state index is 0.262. The Hall–Kier alpha value is -2.22. The third kappa shape index (κ3) is 3.21. The topological polar surface area (TPSA) is 95.0 Å². The molecular weight excluding hydrogens is 258 g/mol. The van der Waals surface area contributed by atoms with Crippen LogP contribution in [0.15, 0.2) is 12.5 Å². The molecule has 108 valence electrons. The Kier molecular flexibility index (Phi) is 4.46. The number of nitrogens with two attached hydrogens (primary N) is 1. The number of aryl methyl sites for hydroxylation is 1. The van der Waals surface area contributed by atoms with Crippen LogP contribution >= 0.6 is 0 Å². The molecule has 0 aliphatic rings. The number of hydrogen-bond acceptors (Lipinski definition) is 7. The van der Waals surface area contributed by atoms with Gasteiger partial charge < -0.3 is 19.9 Å². The number of hydrogen-bond donors (Lipinski definition) is 1. The van der Waals surface area contributed by atoms with E-state index in [1.54, 1.807) is 19.6 Å². The van der Waals surface area contributed by atoms with Gasteiger partial charge >= 0.3 is 0 Å². The van der Waals surface area contributed by atoms with Gasteiger partial charge in [0.05, 0.1) is 13.2 Å². The van der Waals surface area contributed by atoms with Crippen molar-refractivity contribution < 1.29 is 4.74 Å². The molecule has 2 aromatic heterocycles. The van der Waals surface area contributed by atoms with E-state index >= 15 is 0 Å². The average Bonchev–Trinajstić information content (AvgIpc) is 2.86. The summed E-state index contributed by atoms with van der Waals surface area (Å²) in [6, 6.07) is 0. The Morgan fingerprint density at radius 1 is 1.45 bits per heavy atom. The molecule has 2 aromatic rings. The molecule has 2 heterocycles. The van der Waals surface area contributed by atoms with Crippen molar-refractivity contribution in [3.63, 3.8) is 0 Å². The number of rotatable bonds is 6. The van der Waals surface area contributed by atoms with Gasteiger partial charge in [-0.25, -0.2) is 4.98 Å². The van der Waals surface area contributed by atoms with Crippen molar-refractivity contribution in [3.8, 4) is 0 Å². The van der Waals surface area contributed by atoms with Gasteiger partial charge in [-0.2, -0.15) is 4.98 Å². The summed E-state index contributed by atoms with van der Waals surface area (Å²) >= 11 is 0. The van der Waals surface area contributed by atoms with Crippen LogP contribution in [0.1, 0.15) is 11.4 Å². The van der Waals surface area contributed by atoms with Crippen molar-refractivity contribution >= 4 is 11.8 Å². The highest BCUT2D eigenvalue weighted by Gasteiger charge is 2.12. The standard InChI is InChI=1S/C12H19N7O/c1-9-6-14-12(13)16-11(9)18(2)7-10-17-15-8-19(10)4-5-20-3/h6,8H,4-5,7H2,1-3H3,(H2,13,14,16). The van der Waals surface area contributed by atoms with Gasteiger partial charge in [0.2, 0.25) is 5.95 Å². The molecule has 0 aromatic carbocycles. The largest absolute Gasteiger partial charge is 0.383 e. The van der Waals surface area contributed by atoms with Crippen molar-refractivity contribution in [3.05, 3.63) is 23.9 Å². The Labute approximate surface area is 117 Å². The van der Waals surface area contributed by atoms with Gasteiger partial charge in [-0.1, -0.05) is 0 Å². The second-order valence-corrected chi connectivity index (χ2v) is 4.52. The quantitative estimate of drug-likeness (QED) is 0.808. The highest BCUT2D eigenvalue weighted by molar-refractivity contribution is 5.47. The molecule has 2 rings (SSSR count). The van der Waals surface area contributed by atoms with Gasteiger partial charge in [-0.05, 0) is 6.92 Å². The zero-order valence-electron chi connectivity index (χ0n) is 11.9. The lowest BCUT2D eigenvalue weighted by Crippen LogP contribution is -2.22. The van der Waals surface area contributed by atoms with E-state index in [0.717, 1.165) is 23.8 Å². The Morgan fingerprint density at radius 2 is 2.25 bits per heavy atom. The SMILES string of the molecule is COCCn1cnnc1CN(C)c1nc(N)ncc1C. The molecule has 0 saturated heterocycles. The van der Waals surface area contributed by atoms with Crippen molar-refractivity contribution in [2.75, 3.05) is 31.4 Å². The third-order valence-electron chi connectivity index (χ3n) is 2.94. The second kappa shape index (κ2) is 6.29. The summed E-state index contributed by atoms with van der Waals surface area (Å²) in [4.78, 5) is 10.2. The maximum atomic E-state index is 5.64. The smallest absolute Gasteiger partial charge is 0.221 e. The van der Waals surface area contributed by atoms with E-state index in [1.807, 2.05) is 23.4 Å². The van der Waals surface area contributed by atoms with Crippen LogP contribution < -0.4 is 10.6 Å². The minimum Gasteiger partial charge on any atom is -0.383 e. The van der Waals surface area contributed by atoms with Crippen LogP contribution in [0, 0.1) is 6.92 Å². The van der Waals surface area contributed by atoms with E-state index in [4.69, 9.17) is 10.5 Å². The fourth-order valence-electron chi connectivity index (χ4n) is 1.90. The first kappa shape index (κ1) is 14.2. The summed E-state index contributed by atoms with van der Waals surface area (Å²) in [7, 11) is 3.60. The lowest BCUT2D eigenvalue weighted by molar-refractivity contribution is 0.186. The van der Waals surface area contributed by atoms with Gasteiger partial charge in [0.1, 0.15) is 12.1 Å². The number of anilines is 2. The molecular formula is C12H19N7O. The summed E-state index contributed by atoms with van der Waals surface area (Å²) < 4.78 is 7.03. The van der Waals surface area contributed by atoms with E-state index in [1.165, 1.54) is 0 Å². The second-order valence-electron chi connectivity index (χ2n) is 4.52. The summed E-state index contributed by atoms with van der Waals surface area (Å²) in [6.45, 7) is 3.87. The lowest BCUT2D eigenvalue weighted by atomic mass is 10.3. The highest BCUT2D eigenvalue weighted by atomic mass is 16.5. The van der Waals surface area contributed by atoms with E-state index in [-0.39, 0.29) is 5.95 Å². The molecule has 0 aliphatic carbocycles. The van der Waals surface area contributed by atoms with Crippen molar-refractivity contribution in [2.24, 2.45) is 0 Å². The van der Waals surface area contributed by atoms with E-state index in [2.05, 4.69) is 20.2 Å². The van der Waals surface area contributed by atoms with Crippen molar-refractivity contribution in [1.82, 2.24) is 24.7 Å². The molecule has 0 radical (unpaired) electrons. The molecule has 2 N–H and O–H groups in total. The normalized spacial score (nSPS) is 10.8. The van der Waals surface area contributed by atoms with E-state index in [9.17, 15) is 0 Å². The first-order chi connectivity index (χ1) is 9.61. The Balaban J connectivity index is 2.13. The minimum absolute atomic E-state index is 0.262. The number of aromatic nitrogens is 5. The average molecular weight is 277 g/mol. The van der Waals surface area contributed by atoms with Crippen LogP contribution in [-0.2, 0) is 17.8 Å². The van der Waals surface area contributed by atoms with Crippen molar-refractivity contribution in [1.29, 1.82) is 0 Å². The van der Waals surface area contributed by atoms with E-state index < -0.39 is 0 Å². The van der Waals surface area contributed by atoms with Crippen LogP contribution in [0.2, 0.25) is 0 Å². The zero-order chi connectivity index (χ0) is 14.5. The molecule has 0 fully saturated rings. The maximum Gasteiger partial charge on any atom is 0.221 e. The Bertz CT molecular complexity index is 569. The number of methoxy groups -OCH3 is 1. The third-order valence-corrected chi connectivity index (χ3v) is 2.94. The van der Waals surface area contributed by atoms with Crippen LogP contribution in [0.4, 0.5) is 11.8 Å². The monoisotopic (exact) mass is 277 g/mol. The summed E-state index contributed by atoms with van der Waals surface area (Å²) in [5.74, 6) is 1.90. The van der Waals surface area contributed by atoms with Gasteiger partial charge in [0.25, 0.3) is 0 Å². The molecule has 0 bridgehead atoms. The summed E-state index contributed by atoms with van der Waals surface area (Å²) in [5.41, 5.74) is 6.60. The van der Waals surface area contributed by atoms with Gasteiger partial charge in [-0.3, -0.25) is 0 Å². The van der Waals surface area contributed by atoms with Crippen LogP contribution in [0.3, 0.4) is 0 Å². The molecule has 0 saturated carbocycles. The molecule has 8 heteroatoms. The predicted molar refractivity (Wildman–Crippen MR) is 75.2 cm³/mol. The summed E-state index contributed by atoms with van der Waals surface area (Å²) in [5, 5.41) is 8.06. The fourth-order valence-corrected chi connectivity index (χ4v) is 1.90. The molecule has 0 amide bonds. The molecule has 0 atom stereocenters. The molecule has 20 heavy (non-hydrogen) atoms. The zero-order valence-corrected chi connectivity index (χ0v) is 11.9. The first-order valence-corrected chi connectivity index (χ1v) is 6.27. The first-order valence-electron chi connectivity index (χ1n) is 6.27. The van der Waals surface area contributed by atoms with E-state index in [0.29, 0.717) is 13.2 Å². The number of ether oxygens (including phenoxy) is 1.